The molecule has 0 atom stereocenters. The molecule has 0 saturated carbocycles. The number of benzene rings is 1. The second kappa shape index (κ2) is 10.4. The largest absolute Gasteiger partial charge is 0.494 e. The fourth-order valence-electron chi connectivity index (χ4n) is 1.77. The van der Waals surface area contributed by atoms with Gasteiger partial charge in [-0.15, -0.1) is 0 Å². The lowest BCUT2D eigenvalue weighted by molar-refractivity contribution is 0.336. The molecule has 0 aliphatic rings. The zero-order valence-electron chi connectivity index (χ0n) is 12.6. The maximum absolute atomic E-state index is 5.61. The number of nitrogens with zero attached hydrogens (tertiary/aromatic N) is 1. The summed E-state index contributed by atoms with van der Waals surface area (Å²) in [5.41, 5.74) is 1.14. The topological polar surface area (TPSA) is 45.6 Å². The van der Waals surface area contributed by atoms with Gasteiger partial charge in [-0.2, -0.15) is 11.8 Å². The van der Waals surface area contributed by atoms with Crippen molar-refractivity contribution in [2.45, 2.75) is 19.9 Å². The van der Waals surface area contributed by atoms with Crippen LogP contribution in [0.15, 0.2) is 29.3 Å². The van der Waals surface area contributed by atoms with E-state index >= 15 is 0 Å². The van der Waals surface area contributed by atoms with E-state index in [9.17, 15) is 0 Å². The Bertz CT molecular complexity index is 410. The van der Waals surface area contributed by atoms with Gasteiger partial charge in [-0.3, -0.25) is 4.99 Å². The Labute approximate surface area is 126 Å². The normalized spacial score (nSPS) is 11.2. The highest BCUT2D eigenvalue weighted by atomic mass is 32.2. The summed E-state index contributed by atoms with van der Waals surface area (Å²) in [5, 5.41) is 6.62. The second-order valence-corrected chi connectivity index (χ2v) is 5.23. The van der Waals surface area contributed by atoms with E-state index in [1.807, 2.05) is 36.9 Å². The molecule has 0 heterocycles. The molecule has 4 nitrogen and oxygen atoms in total. The third-order valence-corrected chi connectivity index (χ3v) is 3.46. The molecule has 0 aliphatic heterocycles. The van der Waals surface area contributed by atoms with Gasteiger partial charge in [0.15, 0.2) is 5.96 Å². The molecule has 0 spiro atoms. The lowest BCUT2D eigenvalue weighted by atomic mass is 10.2. The van der Waals surface area contributed by atoms with E-state index in [-0.39, 0.29) is 0 Å². The van der Waals surface area contributed by atoms with Crippen molar-refractivity contribution in [3.05, 3.63) is 29.8 Å². The summed E-state index contributed by atoms with van der Waals surface area (Å²) < 4.78 is 5.61. The van der Waals surface area contributed by atoms with Crippen molar-refractivity contribution in [2.75, 3.05) is 32.2 Å². The Morgan fingerprint density at radius 2 is 2.10 bits per heavy atom. The summed E-state index contributed by atoms with van der Waals surface area (Å²) in [6.45, 7) is 4.32. The lowest BCUT2D eigenvalue weighted by Crippen LogP contribution is -2.37. The number of ether oxygens (including phenoxy) is 1. The van der Waals surface area contributed by atoms with Gasteiger partial charge in [0.25, 0.3) is 0 Å². The van der Waals surface area contributed by atoms with E-state index in [2.05, 4.69) is 27.9 Å². The smallest absolute Gasteiger partial charge is 0.191 e. The molecule has 0 fully saturated rings. The van der Waals surface area contributed by atoms with Crippen molar-refractivity contribution in [3.8, 4) is 5.75 Å². The Kier molecular flexibility index (Phi) is 8.71. The van der Waals surface area contributed by atoms with Crippen molar-refractivity contribution < 1.29 is 4.74 Å². The van der Waals surface area contributed by atoms with Gasteiger partial charge in [0.2, 0.25) is 0 Å². The van der Waals surface area contributed by atoms with Crippen LogP contribution in [0.4, 0.5) is 0 Å². The molecule has 0 saturated heterocycles. The van der Waals surface area contributed by atoms with Crippen molar-refractivity contribution >= 4 is 17.7 Å². The highest BCUT2D eigenvalue weighted by molar-refractivity contribution is 7.98. The van der Waals surface area contributed by atoms with Crippen LogP contribution in [-0.2, 0) is 6.54 Å². The molecule has 0 aromatic heterocycles. The Morgan fingerprint density at radius 3 is 2.80 bits per heavy atom. The summed E-state index contributed by atoms with van der Waals surface area (Å²) in [6.07, 6.45) is 3.26. The highest BCUT2D eigenvalue weighted by Gasteiger charge is 2.03. The quantitative estimate of drug-likeness (QED) is 0.439. The van der Waals surface area contributed by atoms with E-state index in [0.29, 0.717) is 13.2 Å². The first-order valence-corrected chi connectivity index (χ1v) is 8.35. The Balaban J connectivity index is 2.44. The third-order valence-electron chi connectivity index (χ3n) is 2.76. The van der Waals surface area contributed by atoms with E-state index in [1.54, 1.807) is 7.05 Å². The van der Waals surface area contributed by atoms with Crippen molar-refractivity contribution in [3.63, 3.8) is 0 Å². The van der Waals surface area contributed by atoms with Gasteiger partial charge in [0.05, 0.1) is 6.61 Å². The molecular weight excluding hydrogens is 270 g/mol. The SMILES string of the molecule is CCOc1ccccc1CNC(=NC)NCCCSC. The number of nitrogens with one attached hydrogen (secondary N) is 2. The van der Waals surface area contributed by atoms with Gasteiger partial charge >= 0.3 is 0 Å². The van der Waals surface area contributed by atoms with Crippen LogP contribution in [0, 0.1) is 0 Å². The fourth-order valence-corrected chi connectivity index (χ4v) is 2.20. The molecule has 1 aromatic rings. The zero-order valence-corrected chi connectivity index (χ0v) is 13.4. The van der Waals surface area contributed by atoms with Crippen molar-refractivity contribution in [1.29, 1.82) is 0 Å². The predicted octanol–water partition coefficient (Wildman–Crippen LogP) is 2.50. The van der Waals surface area contributed by atoms with E-state index in [4.69, 9.17) is 4.74 Å². The van der Waals surface area contributed by atoms with Crippen LogP contribution in [-0.4, -0.2) is 38.2 Å². The number of hydrogen-bond donors (Lipinski definition) is 2. The van der Waals surface area contributed by atoms with Crippen LogP contribution in [0.5, 0.6) is 5.75 Å². The van der Waals surface area contributed by atoms with Crippen molar-refractivity contribution in [1.82, 2.24) is 10.6 Å². The van der Waals surface area contributed by atoms with Crippen LogP contribution < -0.4 is 15.4 Å². The first kappa shape index (κ1) is 16.7. The van der Waals surface area contributed by atoms with Gasteiger partial charge in [-0.25, -0.2) is 0 Å². The van der Waals surface area contributed by atoms with Gasteiger partial charge < -0.3 is 15.4 Å². The monoisotopic (exact) mass is 295 g/mol. The molecule has 1 rings (SSSR count). The summed E-state index contributed by atoms with van der Waals surface area (Å²) in [7, 11) is 1.79. The number of hydrogen-bond acceptors (Lipinski definition) is 3. The minimum Gasteiger partial charge on any atom is -0.494 e. The molecule has 0 aliphatic carbocycles. The maximum Gasteiger partial charge on any atom is 0.191 e. The van der Waals surface area contributed by atoms with Gasteiger partial charge in [-0.1, -0.05) is 18.2 Å². The summed E-state index contributed by atoms with van der Waals surface area (Å²) >= 11 is 1.86. The summed E-state index contributed by atoms with van der Waals surface area (Å²) in [4.78, 5) is 4.22. The minimum atomic E-state index is 0.679. The second-order valence-electron chi connectivity index (χ2n) is 4.24. The molecule has 20 heavy (non-hydrogen) atoms. The average Bonchev–Trinajstić information content (AvgIpc) is 2.48. The van der Waals surface area contributed by atoms with Gasteiger partial charge in [-0.05, 0) is 31.4 Å². The summed E-state index contributed by atoms with van der Waals surface area (Å²) in [6, 6.07) is 8.08. The number of para-hydroxylation sites is 1. The number of guanidine groups is 1. The molecule has 0 unspecified atom stereocenters. The molecular formula is C15H25N3OS. The van der Waals surface area contributed by atoms with Crippen molar-refractivity contribution in [2.24, 2.45) is 4.99 Å². The van der Waals surface area contributed by atoms with Gasteiger partial charge in [0, 0.05) is 25.7 Å². The number of rotatable bonds is 8. The fraction of sp³-hybridized carbons (Fsp3) is 0.533. The highest BCUT2D eigenvalue weighted by Crippen LogP contribution is 2.17. The zero-order chi connectivity index (χ0) is 14.6. The van der Waals surface area contributed by atoms with Gasteiger partial charge in [0.1, 0.15) is 5.75 Å². The minimum absolute atomic E-state index is 0.679. The summed E-state index contributed by atoms with van der Waals surface area (Å²) in [5.74, 6) is 2.93. The van der Waals surface area contributed by atoms with Crippen LogP contribution >= 0.6 is 11.8 Å². The maximum atomic E-state index is 5.61. The van der Waals surface area contributed by atoms with E-state index < -0.39 is 0 Å². The third kappa shape index (κ3) is 6.19. The number of aliphatic imine (C=N–C) groups is 1. The van der Waals surface area contributed by atoms with Crippen LogP contribution in [0.2, 0.25) is 0 Å². The first-order chi connectivity index (χ1) is 9.81. The van der Waals surface area contributed by atoms with Crippen LogP contribution in [0.3, 0.4) is 0 Å². The van der Waals surface area contributed by atoms with E-state index in [1.165, 1.54) is 0 Å². The molecule has 2 N–H and O–H groups in total. The lowest BCUT2D eigenvalue weighted by Gasteiger charge is -2.14. The standard InChI is InChI=1S/C15H25N3OS/c1-4-19-14-9-6-5-8-13(14)12-18-15(16-2)17-10-7-11-20-3/h5-6,8-9H,4,7,10-12H2,1-3H3,(H2,16,17,18). The molecule has 1 aromatic carbocycles. The van der Waals surface area contributed by atoms with E-state index in [0.717, 1.165) is 36.0 Å². The van der Waals surface area contributed by atoms with Crippen LogP contribution in [0.1, 0.15) is 18.9 Å². The average molecular weight is 295 g/mol. The molecule has 112 valence electrons. The predicted molar refractivity (Wildman–Crippen MR) is 88.8 cm³/mol. The number of thioether (sulfide) groups is 1. The van der Waals surface area contributed by atoms with Crippen LogP contribution in [0.25, 0.3) is 0 Å². The first-order valence-electron chi connectivity index (χ1n) is 6.96. The molecule has 0 radical (unpaired) electrons. The molecule has 0 bridgehead atoms. The Hall–Kier alpha value is -1.36. The molecule has 5 heteroatoms. The Morgan fingerprint density at radius 1 is 1.30 bits per heavy atom. The molecule has 0 amide bonds.